The van der Waals surface area contributed by atoms with Crippen LogP contribution in [0.2, 0.25) is 0 Å². The second-order valence-electron chi connectivity index (χ2n) is 6.53. The molecule has 0 saturated heterocycles. The minimum absolute atomic E-state index is 0.242. The number of aromatic nitrogens is 1. The third-order valence-electron chi connectivity index (χ3n) is 4.81. The first kappa shape index (κ1) is 14.3. The van der Waals surface area contributed by atoms with Crippen LogP contribution in [-0.2, 0) is 22.5 Å². The molecule has 2 aliphatic rings. The molecule has 2 N–H and O–H groups in total. The minimum Gasteiger partial charge on any atom is -0.399 e. The van der Waals surface area contributed by atoms with E-state index in [2.05, 4.69) is 27.6 Å². The molecule has 0 radical (unpaired) electrons. The van der Waals surface area contributed by atoms with Gasteiger partial charge in [0.05, 0.1) is 6.21 Å². The summed E-state index contributed by atoms with van der Waals surface area (Å²) in [6, 6.07) is 6.51. The molecule has 1 aromatic heterocycles. The molecule has 1 unspecified atom stereocenters. The number of fused-ring (bicyclic) bond motifs is 3. The number of aromatic amines is 1. The van der Waals surface area contributed by atoms with Gasteiger partial charge < -0.3 is 15.1 Å². The van der Waals surface area contributed by atoms with Gasteiger partial charge in [-0.15, -0.1) is 0 Å². The summed E-state index contributed by atoms with van der Waals surface area (Å²) in [5.41, 5.74) is 4.81. The zero-order valence-electron chi connectivity index (χ0n) is 13.3. The van der Waals surface area contributed by atoms with E-state index < -0.39 is 0 Å². The average Bonchev–Trinajstić information content (AvgIpc) is 3.35. The molecule has 2 aliphatic carbocycles. The highest BCUT2D eigenvalue weighted by Gasteiger charge is 2.32. The molecule has 120 valence electrons. The van der Waals surface area contributed by atoms with Crippen molar-refractivity contribution in [2.45, 2.75) is 38.1 Å². The molecular weight excluding hydrogens is 290 g/mol. The number of amides is 1. The van der Waals surface area contributed by atoms with E-state index >= 15 is 0 Å². The number of aryl methyl sites for hydroxylation is 1. The summed E-state index contributed by atoms with van der Waals surface area (Å²) in [7, 11) is 1.54. The summed E-state index contributed by atoms with van der Waals surface area (Å²) in [6.45, 7) is 0. The van der Waals surface area contributed by atoms with Gasteiger partial charge in [-0.1, -0.05) is 11.2 Å². The van der Waals surface area contributed by atoms with Crippen molar-refractivity contribution < 1.29 is 9.63 Å². The Morgan fingerprint density at radius 2 is 2.26 bits per heavy atom. The molecule has 1 amide bonds. The van der Waals surface area contributed by atoms with E-state index in [1.807, 2.05) is 6.07 Å². The van der Waals surface area contributed by atoms with Crippen molar-refractivity contribution in [1.82, 2.24) is 10.3 Å². The Morgan fingerprint density at radius 1 is 1.39 bits per heavy atom. The molecule has 5 nitrogen and oxygen atoms in total. The lowest BCUT2D eigenvalue weighted by Crippen LogP contribution is -2.39. The second kappa shape index (κ2) is 5.72. The van der Waals surface area contributed by atoms with Crippen molar-refractivity contribution in [2.24, 2.45) is 11.1 Å². The number of benzene rings is 1. The number of nitrogens with zero attached hydrogens (tertiary/aromatic N) is 1. The number of hydrogen-bond donors (Lipinski definition) is 2. The zero-order valence-corrected chi connectivity index (χ0v) is 13.3. The highest BCUT2D eigenvalue weighted by atomic mass is 16.6. The lowest BCUT2D eigenvalue weighted by Gasteiger charge is -2.23. The molecule has 1 atom stereocenters. The van der Waals surface area contributed by atoms with Gasteiger partial charge in [-0.05, 0) is 55.4 Å². The van der Waals surface area contributed by atoms with Gasteiger partial charge in [0.2, 0.25) is 5.91 Å². The smallest absolute Gasteiger partial charge is 0.223 e. The van der Waals surface area contributed by atoms with Crippen molar-refractivity contribution in [1.29, 1.82) is 0 Å². The third kappa shape index (κ3) is 2.83. The molecule has 1 heterocycles. The van der Waals surface area contributed by atoms with Crippen LogP contribution in [0.25, 0.3) is 10.9 Å². The van der Waals surface area contributed by atoms with Crippen molar-refractivity contribution in [2.75, 3.05) is 7.11 Å². The minimum atomic E-state index is 0.242. The SMILES string of the molecule is CON=Cc1ccc2[nH]c3c(c2c1)CC(NC(=O)C1CC1)CC3. The van der Waals surface area contributed by atoms with Crippen LogP contribution < -0.4 is 5.32 Å². The summed E-state index contributed by atoms with van der Waals surface area (Å²) in [4.78, 5) is 20.3. The van der Waals surface area contributed by atoms with Crippen LogP contribution in [0.15, 0.2) is 23.4 Å². The van der Waals surface area contributed by atoms with Gasteiger partial charge in [0.1, 0.15) is 7.11 Å². The number of hydrogen-bond acceptors (Lipinski definition) is 3. The lowest BCUT2D eigenvalue weighted by molar-refractivity contribution is -0.123. The van der Waals surface area contributed by atoms with Crippen LogP contribution in [-0.4, -0.2) is 30.3 Å². The third-order valence-corrected chi connectivity index (χ3v) is 4.81. The van der Waals surface area contributed by atoms with Crippen molar-refractivity contribution in [3.05, 3.63) is 35.0 Å². The van der Waals surface area contributed by atoms with Gasteiger partial charge in [-0.2, -0.15) is 0 Å². The van der Waals surface area contributed by atoms with E-state index in [9.17, 15) is 4.79 Å². The Bertz CT molecular complexity index is 774. The Morgan fingerprint density at radius 3 is 3.04 bits per heavy atom. The average molecular weight is 311 g/mol. The van der Waals surface area contributed by atoms with Gasteiger partial charge in [0, 0.05) is 28.6 Å². The topological polar surface area (TPSA) is 66.5 Å². The Labute approximate surface area is 135 Å². The van der Waals surface area contributed by atoms with Crippen LogP contribution in [0.4, 0.5) is 0 Å². The van der Waals surface area contributed by atoms with Crippen LogP contribution in [0.1, 0.15) is 36.1 Å². The van der Waals surface area contributed by atoms with Crippen molar-refractivity contribution in [3.8, 4) is 0 Å². The molecule has 1 aromatic carbocycles. The predicted molar refractivity (Wildman–Crippen MR) is 89.6 cm³/mol. The molecule has 0 aliphatic heterocycles. The molecule has 23 heavy (non-hydrogen) atoms. The van der Waals surface area contributed by atoms with E-state index in [1.165, 1.54) is 16.6 Å². The summed E-state index contributed by atoms with van der Waals surface area (Å²) in [6.07, 6.45) is 6.72. The normalized spacial score (nSPS) is 20.7. The quantitative estimate of drug-likeness (QED) is 0.673. The fourth-order valence-corrected chi connectivity index (χ4v) is 3.42. The zero-order chi connectivity index (χ0) is 15.8. The lowest BCUT2D eigenvalue weighted by atomic mass is 9.91. The Balaban J connectivity index is 1.60. The fraction of sp³-hybridized carbons (Fsp3) is 0.444. The van der Waals surface area contributed by atoms with Crippen LogP contribution >= 0.6 is 0 Å². The first-order chi connectivity index (χ1) is 11.2. The second-order valence-corrected chi connectivity index (χ2v) is 6.53. The first-order valence-electron chi connectivity index (χ1n) is 8.25. The number of nitrogens with one attached hydrogen (secondary N) is 2. The highest BCUT2D eigenvalue weighted by Crippen LogP contribution is 2.32. The molecule has 5 heteroatoms. The number of rotatable bonds is 4. The highest BCUT2D eigenvalue weighted by molar-refractivity contribution is 5.92. The Kier molecular flexibility index (Phi) is 3.56. The molecular formula is C18H21N3O2. The van der Waals surface area contributed by atoms with Crippen LogP contribution in [0, 0.1) is 5.92 Å². The van der Waals surface area contributed by atoms with Crippen LogP contribution in [0.3, 0.4) is 0 Å². The van der Waals surface area contributed by atoms with E-state index in [1.54, 1.807) is 13.3 Å². The molecule has 0 bridgehead atoms. The van der Waals surface area contributed by atoms with E-state index in [0.29, 0.717) is 0 Å². The van der Waals surface area contributed by atoms with Gasteiger partial charge in [0.15, 0.2) is 0 Å². The van der Waals surface area contributed by atoms with Gasteiger partial charge in [-0.25, -0.2) is 0 Å². The van der Waals surface area contributed by atoms with E-state index in [4.69, 9.17) is 4.84 Å². The van der Waals surface area contributed by atoms with Gasteiger partial charge in [-0.3, -0.25) is 4.79 Å². The fourth-order valence-electron chi connectivity index (χ4n) is 3.42. The van der Waals surface area contributed by atoms with E-state index in [0.717, 1.165) is 43.2 Å². The Hall–Kier alpha value is -2.30. The molecule has 4 rings (SSSR count). The molecule has 1 saturated carbocycles. The van der Waals surface area contributed by atoms with Crippen molar-refractivity contribution in [3.63, 3.8) is 0 Å². The number of carbonyl (C=O) groups is 1. The summed E-state index contributed by atoms with van der Waals surface area (Å²) in [5.74, 6) is 0.516. The maximum Gasteiger partial charge on any atom is 0.223 e. The monoisotopic (exact) mass is 311 g/mol. The summed E-state index contributed by atoms with van der Waals surface area (Å²) >= 11 is 0. The van der Waals surface area contributed by atoms with Gasteiger partial charge >= 0.3 is 0 Å². The largest absolute Gasteiger partial charge is 0.399 e. The summed E-state index contributed by atoms with van der Waals surface area (Å²) in [5, 5.41) is 8.29. The predicted octanol–water partition coefficient (Wildman–Crippen LogP) is 2.53. The molecule has 2 aromatic rings. The standard InChI is InChI=1S/C18H21N3O2/c1-23-19-10-11-2-6-16-14(8-11)15-9-13(5-7-17(15)21-16)20-18(22)12-3-4-12/h2,6,8,10,12-13,21H,3-5,7,9H2,1H3,(H,20,22). The van der Waals surface area contributed by atoms with Crippen molar-refractivity contribution >= 4 is 23.0 Å². The maximum absolute atomic E-state index is 12.0. The van der Waals surface area contributed by atoms with E-state index in [-0.39, 0.29) is 17.9 Å². The molecule has 1 fully saturated rings. The number of carbonyl (C=O) groups excluding carboxylic acids is 1. The maximum atomic E-state index is 12.0. The first-order valence-corrected chi connectivity index (χ1v) is 8.25. The summed E-state index contributed by atoms with van der Waals surface area (Å²) < 4.78 is 0. The van der Waals surface area contributed by atoms with Crippen LogP contribution in [0.5, 0.6) is 0 Å². The molecule has 0 spiro atoms. The number of H-pyrrole nitrogens is 1. The number of oxime groups is 1. The van der Waals surface area contributed by atoms with Gasteiger partial charge in [0.25, 0.3) is 0 Å².